The van der Waals surface area contributed by atoms with Crippen LogP contribution in [0.1, 0.15) is 96.0 Å². The van der Waals surface area contributed by atoms with Gasteiger partial charge >= 0.3 is 11.9 Å². The van der Waals surface area contributed by atoms with Gasteiger partial charge in [-0.1, -0.05) is 69.7 Å². The van der Waals surface area contributed by atoms with E-state index in [9.17, 15) is 34.5 Å². The van der Waals surface area contributed by atoms with Crippen molar-refractivity contribution in [2.75, 3.05) is 20.8 Å². The first-order chi connectivity index (χ1) is 20.6. The van der Waals surface area contributed by atoms with Gasteiger partial charge in [0.15, 0.2) is 5.60 Å². The molecule has 0 aromatic heterocycles. The van der Waals surface area contributed by atoms with E-state index in [1.807, 2.05) is 0 Å². The third kappa shape index (κ3) is 14.2. The number of carbonyl (C=O) groups excluding carboxylic acids is 4. The van der Waals surface area contributed by atoms with Crippen LogP contribution in [0.25, 0.3) is 0 Å². The molecule has 1 rings (SSSR count). The normalized spacial score (nSPS) is 14.1. The van der Waals surface area contributed by atoms with Gasteiger partial charge < -0.3 is 30.1 Å². The van der Waals surface area contributed by atoms with Crippen molar-refractivity contribution in [2.24, 2.45) is 5.92 Å². The lowest BCUT2D eigenvalue weighted by Gasteiger charge is -2.31. The fraction of sp³-hybridized carbons (Fsp3) is 0.636. The predicted octanol–water partition coefficient (Wildman–Crippen LogP) is 4.32. The Hall–Kier alpha value is -3.24. The second-order valence-electron chi connectivity index (χ2n) is 10.9. The van der Waals surface area contributed by atoms with Crippen molar-refractivity contribution >= 4 is 23.6 Å². The first kappa shape index (κ1) is 37.8. The molecule has 0 heterocycles. The van der Waals surface area contributed by atoms with Gasteiger partial charge in [-0.2, -0.15) is 0 Å². The highest BCUT2D eigenvalue weighted by atomic mass is 16.5. The van der Waals surface area contributed by atoms with Crippen LogP contribution in [-0.2, 0) is 35.1 Å². The number of hydrogen-bond acceptors (Lipinski definition) is 9. The monoisotopic (exact) mass is 605 g/mol. The summed E-state index contributed by atoms with van der Waals surface area (Å²) in [7, 11) is 2.25. The number of Topliss-reactive ketones (excluding diaryl/α,β-unsaturated/α-hetero) is 1. The van der Waals surface area contributed by atoms with E-state index in [-0.39, 0.29) is 12.2 Å². The van der Waals surface area contributed by atoms with E-state index in [2.05, 4.69) is 12.2 Å². The van der Waals surface area contributed by atoms with Gasteiger partial charge in [0.05, 0.1) is 20.1 Å². The number of aliphatic hydroxyl groups excluding tert-OH is 1. The van der Waals surface area contributed by atoms with Crippen molar-refractivity contribution in [3.8, 4) is 5.75 Å². The van der Waals surface area contributed by atoms with E-state index in [1.54, 1.807) is 18.2 Å². The maximum absolute atomic E-state index is 13.5. The van der Waals surface area contributed by atoms with Crippen LogP contribution in [0, 0.1) is 5.92 Å². The van der Waals surface area contributed by atoms with Crippen molar-refractivity contribution in [1.82, 2.24) is 5.32 Å². The second kappa shape index (κ2) is 21.4. The maximum Gasteiger partial charge on any atom is 0.339 e. The summed E-state index contributed by atoms with van der Waals surface area (Å²) in [6, 6.07) is 4.93. The Kier molecular flexibility index (Phi) is 18.8. The zero-order valence-electron chi connectivity index (χ0n) is 26.0. The van der Waals surface area contributed by atoms with Crippen LogP contribution in [0.15, 0.2) is 36.4 Å². The van der Waals surface area contributed by atoms with Crippen LogP contribution in [0.4, 0.5) is 0 Å². The molecule has 0 bridgehead atoms. The number of rotatable bonds is 23. The van der Waals surface area contributed by atoms with Crippen molar-refractivity contribution in [2.45, 2.75) is 108 Å². The molecule has 0 spiro atoms. The average molecular weight is 606 g/mol. The van der Waals surface area contributed by atoms with E-state index in [1.165, 1.54) is 44.6 Å². The number of aromatic hydroxyl groups is 1. The van der Waals surface area contributed by atoms with Gasteiger partial charge in [-0.25, -0.2) is 9.59 Å². The number of unbranched alkanes of at least 4 members (excludes halogenated alkanes) is 8. The molecule has 4 N–H and O–H groups in total. The van der Waals surface area contributed by atoms with E-state index in [0.717, 1.165) is 45.6 Å². The minimum atomic E-state index is -2.37. The number of aliphatic hydroxyl groups is 2. The van der Waals surface area contributed by atoms with Crippen molar-refractivity contribution in [3.63, 3.8) is 0 Å². The fourth-order valence-electron chi connectivity index (χ4n) is 4.88. The maximum atomic E-state index is 13.5. The van der Waals surface area contributed by atoms with Crippen LogP contribution < -0.4 is 5.32 Å². The molecule has 242 valence electrons. The van der Waals surface area contributed by atoms with Gasteiger partial charge in [0.2, 0.25) is 5.91 Å². The lowest BCUT2D eigenvalue weighted by molar-refractivity contribution is -0.172. The van der Waals surface area contributed by atoms with Crippen molar-refractivity contribution in [1.29, 1.82) is 0 Å². The summed E-state index contributed by atoms with van der Waals surface area (Å²) in [5.74, 6) is -3.75. The van der Waals surface area contributed by atoms with Crippen molar-refractivity contribution in [3.05, 3.63) is 42.0 Å². The molecule has 1 aromatic carbocycles. The van der Waals surface area contributed by atoms with Crippen molar-refractivity contribution < 1.29 is 44.0 Å². The highest BCUT2D eigenvalue weighted by Crippen LogP contribution is 2.26. The molecule has 1 aromatic rings. The highest BCUT2D eigenvalue weighted by molar-refractivity contribution is 5.93. The third-order valence-electron chi connectivity index (χ3n) is 7.47. The van der Waals surface area contributed by atoms with Gasteiger partial charge in [0.1, 0.15) is 17.6 Å². The molecule has 43 heavy (non-hydrogen) atoms. The lowest BCUT2D eigenvalue weighted by atomic mass is 9.83. The molecule has 0 saturated carbocycles. The molecule has 10 heteroatoms. The summed E-state index contributed by atoms with van der Waals surface area (Å²) in [6.07, 6.45) is 13.5. The minimum absolute atomic E-state index is 0.0349. The fourth-order valence-corrected chi connectivity index (χ4v) is 4.88. The summed E-state index contributed by atoms with van der Waals surface area (Å²) in [5.41, 5.74) is -1.74. The number of carbonyl (C=O) groups is 4. The molecule has 0 aliphatic heterocycles. The van der Waals surface area contributed by atoms with E-state index in [0.29, 0.717) is 30.6 Å². The summed E-state index contributed by atoms with van der Waals surface area (Å²) < 4.78 is 9.60. The molecule has 10 nitrogen and oxygen atoms in total. The Balaban J connectivity index is 2.82. The van der Waals surface area contributed by atoms with E-state index >= 15 is 0 Å². The minimum Gasteiger partial charge on any atom is -0.508 e. The smallest absolute Gasteiger partial charge is 0.339 e. The zero-order valence-corrected chi connectivity index (χ0v) is 26.0. The van der Waals surface area contributed by atoms with E-state index in [4.69, 9.17) is 9.47 Å². The summed E-state index contributed by atoms with van der Waals surface area (Å²) in [5, 5.41) is 32.9. The SMILES string of the molecule is CCCCCCCC(=O)CCCCCC/C=C/[C@H](C(=O)N[C@@H](Cc1ccc(O)cc1)C(=O)OC)[C@@](O)(CCO)C(=O)OC. The molecule has 1 amide bonds. The number of amides is 1. The van der Waals surface area contributed by atoms with Gasteiger partial charge in [0, 0.05) is 32.3 Å². The lowest BCUT2D eigenvalue weighted by Crippen LogP contribution is -2.55. The van der Waals surface area contributed by atoms with Gasteiger partial charge in [-0.05, 0) is 43.4 Å². The number of phenols is 1. The van der Waals surface area contributed by atoms with Crippen LogP contribution in [0.5, 0.6) is 5.75 Å². The van der Waals surface area contributed by atoms with Gasteiger partial charge in [-0.15, -0.1) is 0 Å². The summed E-state index contributed by atoms with van der Waals surface area (Å²) >= 11 is 0. The quantitative estimate of drug-likeness (QED) is 0.0809. The number of esters is 2. The zero-order chi connectivity index (χ0) is 32.1. The van der Waals surface area contributed by atoms with Crippen LogP contribution >= 0.6 is 0 Å². The molecule has 0 aliphatic rings. The molecular weight excluding hydrogens is 554 g/mol. The van der Waals surface area contributed by atoms with Crippen LogP contribution in [0.2, 0.25) is 0 Å². The van der Waals surface area contributed by atoms with Gasteiger partial charge in [0.25, 0.3) is 0 Å². The Morgan fingerprint density at radius 2 is 1.51 bits per heavy atom. The van der Waals surface area contributed by atoms with Gasteiger partial charge in [-0.3, -0.25) is 9.59 Å². The van der Waals surface area contributed by atoms with Crippen LogP contribution in [-0.4, -0.2) is 71.4 Å². The number of hydrogen-bond donors (Lipinski definition) is 4. The molecule has 0 unspecified atom stereocenters. The Labute approximate surface area is 255 Å². The molecule has 0 saturated heterocycles. The van der Waals surface area contributed by atoms with E-state index < -0.39 is 48.4 Å². The largest absolute Gasteiger partial charge is 0.508 e. The molecule has 0 fully saturated rings. The molecule has 0 aliphatic carbocycles. The Morgan fingerprint density at radius 3 is 2.07 bits per heavy atom. The first-order valence-corrected chi connectivity index (χ1v) is 15.4. The third-order valence-corrected chi connectivity index (χ3v) is 7.47. The predicted molar refractivity (Wildman–Crippen MR) is 163 cm³/mol. The molecular formula is C33H51NO9. The number of ether oxygens (including phenoxy) is 2. The molecule has 3 atom stereocenters. The Morgan fingerprint density at radius 1 is 0.907 bits per heavy atom. The Bertz CT molecular complexity index is 1010. The average Bonchev–Trinajstić information content (AvgIpc) is 2.99. The standard InChI is InChI=1S/C33H51NO9/c1-4-5-6-9-12-15-26(36)16-13-10-7-8-11-14-17-28(33(41,22-23-35)32(40)43-3)30(38)34-29(31(39)42-2)24-25-18-20-27(37)21-19-25/h14,17-21,28-29,35,37,41H,4-13,15-16,22-24H2,1-3H3,(H,34,38)/b17-14+/t28-,29+,33+/m1/s1. The number of phenolic OH excluding ortho intramolecular Hbond substituents is 1. The number of benzene rings is 1. The topological polar surface area (TPSA) is 159 Å². The summed E-state index contributed by atoms with van der Waals surface area (Å²) in [6.45, 7) is 1.58. The highest BCUT2D eigenvalue weighted by Gasteiger charge is 2.47. The number of nitrogens with one attached hydrogen (secondary N) is 1. The number of methoxy groups -OCH3 is 2. The second-order valence-corrected chi connectivity index (χ2v) is 10.9. The number of ketones is 1. The number of allylic oxidation sites excluding steroid dienone is 1. The molecule has 0 radical (unpaired) electrons. The summed E-state index contributed by atoms with van der Waals surface area (Å²) in [4.78, 5) is 50.6. The first-order valence-electron chi connectivity index (χ1n) is 15.4. The van der Waals surface area contributed by atoms with Crippen LogP contribution in [0.3, 0.4) is 0 Å².